The topological polar surface area (TPSA) is 87.7 Å². The molecule has 0 radical (unpaired) electrons. The van der Waals surface area contributed by atoms with Crippen molar-refractivity contribution in [3.63, 3.8) is 0 Å². The Morgan fingerprint density at radius 1 is 1.07 bits per heavy atom. The highest BCUT2D eigenvalue weighted by Gasteiger charge is 2.35. The molecule has 30 heavy (non-hydrogen) atoms. The van der Waals surface area contributed by atoms with Crippen LogP contribution in [0.3, 0.4) is 0 Å². The predicted octanol–water partition coefficient (Wildman–Crippen LogP) is 2.76. The summed E-state index contributed by atoms with van der Waals surface area (Å²) in [5.74, 6) is -0.454. The highest BCUT2D eigenvalue weighted by Crippen LogP contribution is 2.25. The van der Waals surface area contributed by atoms with Gasteiger partial charge in [-0.1, -0.05) is 19.1 Å². The van der Waals surface area contributed by atoms with Crippen molar-refractivity contribution in [3.8, 4) is 5.75 Å². The standard InChI is InChI=1S/C23H27N3O4/c1-3-16-5-9-19(10-6-16)26-15-17(13-22(26)28)23(29)24-14-21(27)25-18-7-11-20(12-8-18)30-4-2/h5-12,17H,3-4,13-15H2,1-2H3,(H,24,29)(H,25,27)/t17-/m0/s1. The molecule has 0 bridgehead atoms. The Balaban J connectivity index is 1.48. The van der Waals surface area contributed by atoms with Crippen LogP contribution in [0.25, 0.3) is 0 Å². The van der Waals surface area contributed by atoms with E-state index >= 15 is 0 Å². The monoisotopic (exact) mass is 409 g/mol. The van der Waals surface area contributed by atoms with Crippen LogP contribution < -0.4 is 20.3 Å². The minimum Gasteiger partial charge on any atom is -0.494 e. The number of benzene rings is 2. The molecule has 1 aliphatic rings. The second-order valence-corrected chi connectivity index (χ2v) is 7.15. The average molecular weight is 409 g/mol. The van der Waals surface area contributed by atoms with Crippen LogP contribution in [0.1, 0.15) is 25.8 Å². The van der Waals surface area contributed by atoms with E-state index in [-0.39, 0.29) is 30.7 Å². The fraction of sp³-hybridized carbons (Fsp3) is 0.348. The van der Waals surface area contributed by atoms with Crippen molar-refractivity contribution >= 4 is 29.1 Å². The lowest BCUT2D eigenvalue weighted by atomic mass is 10.1. The zero-order valence-corrected chi connectivity index (χ0v) is 17.3. The average Bonchev–Trinajstić information content (AvgIpc) is 3.15. The third-order valence-electron chi connectivity index (χ3n) is 5.02. The smallest absolute Gasteiger partial charge is 0.243 e. The van der Waals surface area contributed by atoms with Crippen molar-refractivity contribution in [2.24, 2.45) is 5.92 Å². The predicted molar refractivity (Wildman–Crippen MR) is 116 cm³/mol. The molecule has 2 N–H and O–H groups in total. The van der Waals surface area contributed by atoms with E-state index in [1.165, 1.54) is 5.56 Å². The van der Waals surface area contributed by atoms with E-state index in [1.54, 1.807) is 29.2 Å². The van der Waals surface area contributed by atoms with Crippen molar-refractivity contribution in [2.45, 2.75) is 26.7 Å². The second kappa shape index (κ2) is 9.91. The van der Waals surface area contributed by atoms with Gasteiger partial charge in [0.1, 0.15) is 5.75 Å². The number of hydrogen-bond donors (Lipinski definition) is 2. The fourth-order valence-electron chi connectivity index (χ4n) is 3.36. The molecule has 3 rings (SSSR count). The van der Waals surface area contributed by atoms with Gasteiger partial charge in [0, 0.05) is 24.3 Å². The second-order valence-electron chi connectivity index (χ2n) is 7.15. The number of carbonyl (C=O) groups excluding carboxylic acids is 3. The van der Waals surface area contributed by atoms with Crippen LogP contribution in [0, 0.1) is 5.92 Å². The van der Waals surface area contributed by atoms with Crippen LogP contribution in [0.5, 0.6) is 5.75 Å². The summed E-state index contributed by atoms with van der Waals surface area (Å²) in [6.45, 7) is 4.71. The van der Waals surface area contributed by atoms with Crippen molar-refractivity contribution < 1.29 is 19.1 Å². The first-order valence-corrected chi connectivity index (χ1v) is 10.2. The van der Waals surface area contributed by atoms with Crippen LogP contribution in [0.2, 0.25) is 0 Å². The van der Waals surface area contributed by atoms with Crippen LogP contribution in [0.15, 0.2) is 48.5 Å². The number of nitrogens with zero attached hydrogens (tertiary/aromatic N) is 1. The van der Waals surface area contributed by atoms with Crippen molar-refractivity contribution in [3.05, 3.63) is 54.1 Å². The maximum atomic E-state index is 12.5. The number of hydrogen-bond acceptors (Lipinski definition) is 4. The molecule has 0 spiro atoms. The Hall–Kier alpha value is -3.35. The van der Waals surface area contributed by atoms with Gasteiger partial charge in [-0.25, -0.2) is 0 Å². The van der Waals surface area contributed by atoms with Crippen molar-refractivity contribution in [1.29, 1.82) is 0 Å². The lowest BCUT2D eigenvalue weighted by molar-refractivity contribution is -0.127. The lowest BCUT2D eigenvalue weighted by Gasteiger charge is -2.17. The highest BCUT2D eigenvalue weighted by molar-refractivity contribution is 6.01. The molecule has 7 heteroatoms. The van der Waals surface area contributed by atoms with E-state index in [2.05, 4.69) is 17.6 Å². The molecule has 1 heterocycles. The molecule has 3 amide bonds. The van der Waals surface area contributed by atoms with Gasteiger partial charge in [0.2, 0.25) is 17.7 Å². The number of anilines is 2. The summed E-state index contributed by atoms with van der Waals surface area (Å²) in [5.41, 5.74) is 2.61. The van der Waals surface area contributed by atoms with Crippen molar-refractivity contribution in [1.82, 2.24) is 5.32 Å². The Morgan fingerprint density at radius 3 is 2.40 bits per heavy atom. The maximum Gasteiger partial charge on any atom is 0.243 e. The zero-order valence-electron chi connectivity index (χ0n) is 17.3. The van der Waals surface area contributed by atoms with Gasteiger partial charge >= 0.3 is 0 Å². The molecule has 7 nitrogen and oxygen atoms in total. The number of aryl methyl sites for hydroxylation is 1. The van der Waals surface area contributed by atoms with E-state index in [0.29, 0.717) is 18.8 Å². The molecule has 0 aliphatic carbocycles. The van der Waals surface area contributed by atoms with E-state index in [1.807, 2.05) is 31.2 Å². The minimum atomic E-state index is -0.471. The molecular formula is C23H27N3O4. The van der Waals surface area contributed by atoms with Crippen LogP contribution in [-0.2, 0) is 20.8 Å². The number of rotatable bonds is 8. The SMILES string of the molecule is CCOc1ccc(NC(=O)CNC(=O)[C@H]2CC(=O)N(c3ccc(CC)cc3)C2)cc1. The number of ether oxygens (including phenoxy) is 1. The van der Waals surface area contributed by atoms with Gasteiger partial charge in [-0.05, 0) is 55.3 Å². The van der Waals surface area contributed by atoms with E-state index in [0.717, 1.165) is 17.9 Å². The molecule has 2 aromatic carbocycles. The van der Waals surface area contributed by atoms with E-state index < -0.39 is 5.92 Å². The van der Waals surface area contributed by atoms with E-state index in [4.69, 9.17) is 4.74 Å². The lowest BCUT2D eigenvalue weighted by Crippen LogP contribution is -2.37. The molecule has 1 saturated heterocycles. The molecule has 2 aromatic rings. The fourth-order valence-corrected chi connectivity index (χ4v) is 3.36. The first-order chi connectivity index (χ1) is 14.5. The number of carbonyl (C=O) groups is 3. The van der Waals surface area contributed by atoms with Crippen LogP contribution in [0.4, 0.5) is 11.4 Å². The first kappa shape index (κ1) is 21.4. The summed E-state index contributed by atoms with van der Waals surface area (Å²) in [7, 11) is 0. The summed E-state index contributed by atoms with van der Waals surface area (Å²) in [5, 5.41) is 5.36. The van der Waals surface area contributed by atoms with Gasteiger partial charge in [-0.3, -0.25) is 14.4 Å². The quantitative estimate of drug-likeness (QED) is 0.702. The molecule has 158 valence electrons. The Morgan fingerprint density at radius 2 is 1.77 bits per heavy atom. The Kier molecular flexibility index (Phi) is 7.06. The van der Waals surface area contributed by atoms with Gasteiger partial charge in [0.05, 0.1) is 19.1 Å². The highest BCUT2D eigenvalue weighted by atomic mass is 16.5. The summed E-state index contributed by atoms with van der Waals surface area (Å²) in [6, 6.07) is 14.8. The minimum absolute atomic E-state index is 0.0850. The molecule has 0 unspecified atom stereocenters. The van der Waals surface area contributed by atoms with Crippen molar-refractivity contribution in [2.75, 3.05) is 29.9 Å². The maximum absolute atomic E-state index is 12.5. The normalized spacial score (nSPS) is 15.7. The largest absolute Gasteiger partial charge is 0.494 e. The molecule has 1 fully saturated rings. The third kappa shape index (κ3) is 5.37. The van der Waals surface area contributed by atoms with Gasteiger partial charge in [-0.15, -0.1) is 0 Å². The molecular weight excluding hydrogens is 382 g/mol. The van der Waals surface area contributed by atoms with Gasteiger partial charge in [0.25, 0.3) is 0 Å². The van der Waals surface area contributed by atoms with E-state index in [9.17, 15) is 14.4 Å². The number of amides is 3. The molecule has 0 aromatic heterocycles. The first-order valence-electron chi connectivity index (χ1n) is 10.2. The molecule has 0 saturated carbocycles. The summed E-state index contributed by atoms with van der Waals surface area (Å²) in [4.78, 5) is 38.6. The zero-order chi connectivity index (χ0) is 21.5. The number of nitrogens with one attached hydrogen (secondary N) is 2. The van der Waals surface area contributed by atoms with Crippen LogP contribution in [-0.4, -0.2) is 37.4 Å². The van der Waals surface area contributed by atoms with Gasteiger partial charge < -0.3 is 20.3 Å². The summed E-state index contributed by atoms with van der Waals surface area (Å²) in [6.07, 6.45) is 1.07. The molecule has 1 aliphatic heterocycles. The van der Waals surface area contributed by atoms with Crippen LogP contribution >= 0.6 is 0 Å². The van der Waals surface area contributed by atoms with Gasteiger partial charge in [0.15, 0.2) is 0 Å². The molecule has 1 atom stereocenters. The summed E-state index contributed by atoms with van der Waals surface area (Å²) >= 11 is 0. The summed E-state index contributed by atoms with van der Waals surface area (Å²) < 4.78 is 5.36. The Labute approximate surface area is 176 Å². The van der Waals surface area contributed by atoms with Gasteiger partial charge in [-0.2, -0.15) is 0 Å². The Bertz CT molecular complexity index is 894. The third-order valence-corrected chi connectivity index (χ3v) is 5.02.